The number of carboxylic acids is 1. The van der Waals surface area contributed by atoms with E-state index in [4.69, 9.17) is 14.6 Å². The molecule has 0 saturated carbocycles. The van der Waals surface area contributed by atoms with Gasteiger partial charge in [-0.1, -0.05) is 26.0 Å². The quantitative estimate of drug-likeness (QED) is 0.899. The number of carboxylic acid groups (broad SMARTS) is 1. The molecule has 1 aromatic carbocycles. The normalized spacial score (nSPS) is 19.6. The highest BCUT2D eigenvalue weighted by molar-refractivity contribution is 5.68. The van der Waals surface area contributed by atoms with E-state index in [0.29, 0.717) is 6.61 Å². The van der Waals surface area contributed by atoms with E-state index in [9.17, 15) is 4.79 Å². The van der Waals surface area contributed by atoms with Crippen LogP contribution in [0.25, 0.3) is 0 Å². The zero-order valence-corrected chi connectivity index (χ0v) is 12.1. The molecule has 4 nitrogen and oxygen atoms in total. The Morgan fingerprint density at radius 3 is 2.65 bits per heavy atom. The third-order valence-corrected chi connectivity index (χ3v) is 3.65. The first-order valence-electron chi connectivity index (χ1n) is 7.04. The molecule has 1 N–H and O–H groups in total. The molecule has 0 radical (unpaired) electrons. The van der Waals surface area contributed by atoms with Crippen molar-refractivity contribution in [2.24, 2.45) is 0 Å². The fourth-order valence-corrected chi connectivity index (χ4v) is 2.46. The highest BCUT2D eigenvalue weighted by Crippen LogP contribution is 2.29. The van der Waals surface area contributed by atoms with Gasteiger partial charge in [0.15, 0.2) is 0 Å². The van der Waals surface area contributed by atoms with Crippen molar-refractivity contribution in [2.45, 2.75) is 44.6 Å². The van der Waals surface area contributed by atoms with Crippen LogP contribution in [0.15, 0.2) is 24.3 Å². The van der Waals surface area contributed by atoms with Gasteiger partial charge in [0.2, 0.25) is 0 Å². The molecule has 4 heteroatoms. The smallest absolute Gasteiger partial charge is 0.304 e. The standard InChI is InChI=1S/C16H22O4/c1-16(2,10-15(17)18)12-5-7-13(8-6-12)20-14-4-3-9-19-11-14/h5-8,14H,3-4,9-11H2,1-2H3,(H,17,18). The largest absolute Gasteiger partial charge is 0.488 e. The van der Waals surface area contributed by atoms with Crippen molar-refractivity contribution in [1.82, 2.24) is 0 Å². The molecule has 2 rings (SSSR count). The summed E-state index contributed by atoms with van der Waals surface area (Å²) in [6, 6.07) is 7.71. The average molecular weight is 278 g/mol. The second kappa shape index (κ2) is 6.27. The van der Waals surface area contributed by atoms with E-state index < -0.39 is 5.97 Å². The lowest BCUT2D eigenvalue weighted by molar-refractivity contribution is -0.138. The van der Waals surface area contributed by atoms with E-state index in [1.54, 1.807) is 0 Å². The average Bonchev–Trinajstić information content (AvgIpc) is 2.39. The van der Waals surface area contributed by atoms with Crippen molar-refractivity contribution >= 4 is 5.97 Å². The van der Waals surface area contributed by atoms with Crippen LogP contribution in [0.1, 0.15) is 38.7 Å². The lowest BCUT2D eigenvalue weighted by Gasteiger charge is -2.25. The second-order valence-corrected chi connectivity index (χ2v) is 5.94. The van der Waals surface area contributed by atoms with Gasteiger partial charge in [0.25, 0.3) is 0 Å². The van der Waals surface area contributed by atoms with Crippen LogP contribution in [0, 0.1) is 0 Å². The molecule has 0 bridgehead atoms. The number of hydrogen-bond acceptors (Lipinski definition) is 3. The Morgan fingerprint density at radius 2 is 2.10 bits per heavy atom. The Hall–Kier alpha value is -1.55. The van der Waals surface area contributed by atoms with E-state index in [2.05, 4.69) is 0 Å². The zero-order chi connectivity index (χ0) is 14.6. The first-order valence-corrected chi connectivity index (χ1v) is 7.04. The van der Waals surface area contributed by atoms with Gasteiger partial charge in [-0.25, -0.2) is 0 Å². The molecular weight excluding hydrogens is 256 g/mol. The molecule has 1 aliphatic heterocycles. The molecule has 1 unspecified atom stereocenters. The summed E-state index contributed by atoms with van der Waals surface area (Å²) >= 11 is 0. The Morgan fingerprint density at radius 1 is 1.40 bits per heavy atom. The second-order valence-electron chi connectivity index (χ2n) is 5.94. The molecule has 1 atom stereocenters. The molecule has 1 aromatic rings. The Balaban J connectivity index is 2.00. The van der Waals surface area contributed by atoms with E-state index in [1.807, 2.05) is 38.1 Å². The van der Waals surface area contributed by atoms with E-state index in [-0.39, 0.29) is 17.9 Å². The van der Waals surface area contributed by atoms with Gasteiger partial charge < -0.3 is 14.6 Å². The summed E-state index contributed by atoms with van der Waals surface area (Å²) < 4.78 is 11.2. The Labute approximate surface area is 119 Å². The molecule has 110 valence electrons. The van der Waals surface area contributed by atoms with Crippen LogP contribution in [0.3, 0.4) is 0 Å². The van der Waals surface area contributed by atoms with Crippen molar-refractivity contribution in [3.63, 3.8) is 0 Å². The van der Waals surface area contributed by atoms with Crippen LogP contribution in [0.2, 0.25) is 0 Å². The van der Waals surface area contributed by atoms with Crippen molar-refractivity contribution in [3.05, 3.63) is 29.8 Å². The predicted molar refractivity (Wildman–Crippen MR) is 76.2 cm³/mol. The molecule has 0 spiro atoms. The molecule has 0 aromatic heterocycles. The molecule has 0 amide bonds. The number of hydrogen-bond donors (Lipinski definition) is 1. The van der Waals surface area contributed by atoms with Gasteiger partial charge in [-0.05, 0) is 30.5 Å². The van der Waals surface area contributed by atoms with Gasteiger partial charge in [0, 0.05) is 12.0 Å². The third kappa shape index (κ3) is 3.97. The zero-order valence-electron chi connectivity index (χ0n) is 12.1. The van der Waals surface area contributed by atoms with E-state index in [1.165, 1.54) is 0 Å². The number of benzene rings is 1. The number of ether oxygens (including phenoxy) is 2. The maximum absolute atomic E-state index is 10.9. The number of aliphatic carboxylic acids is 1. The van der Waals surface area contributed by atoms with Crippen LogP contribution < -0.4 is 4.74 Å². The minimum Gasteiger partial charge on any atom is -0.488 e. The monoisotopic (exact) mass is 278 g/mol. The summed E-state index contributed by atoms with van der Waals surface area (Å²) in [5.74, 6) is 0.0325. The Kier molecular flexibility index (Phi) is 4.65. The Bertz CT molecular complexity index is 444. The molecule has 1 fully saturated rings. The van der Waals surface area contributed by atoms with Crippen LogP contribution >= 0.6 is 0 Å². The summed E-state index contributed by atoms with van der Waals surface area (Å²) in [5, 5.41) is 8.94. The van der Waals surface area contributed by atoms with Crippen molar-refractivity contribution in [1.29, 1.82) is 0 Å². The van der Waals surface area contributed by atoms with Gasteiger partial charge in [-0.3, -0.25) is 4.79 Å². The molecule has 1 saturated heterocycles. The maximum atomic E-state index is 10.9. The first kappa shape index (κ1) is 14.9. The third-order valence-electron chi connectivity index (χ3n) is 3.65. The van der Waals surface area contributed by atoms with Gasteiger partial charge in [-0.15, -0.1) is 0 Å². The minimum atomic E-state index is -0.783. The number of rotatable bonds is 5. The highest BCUT2D eigenvalue weighted by atomic mass is 16.5. The van der Waals surface area contributed by atoms with E-state index in [0.717, 1.165) is 30.8 Å². The topological polar surface area (TPSA) is 55.8 Å². The van der Waals surface area contributed by atoms with Crippen molar-refractivity contribution in [2.75, 3.05) is 13.2 Å². The lowest BCUT2D eigenvalue weighted by atomic mass is 9.82. The first-order chi connectivity index (χ1) is 9.47. The molecule has 1 heterocycles. The maximum Gasteiger partial charge on any atom is 0.304 e. The van der Waals surface area contributed by atoms with Crippen LogP contribution in [0.5, 0.6) is 5.75 Å². The van der Waals surface area contributed by atoms with Crippen molar-refractivity contribution < 1.29 is 19.4 Å². The summed E-state index contributed by atoms with van der Waals surface area (Å²) in [6.07, 6.45) is 2.30. The molecule has 1 aliphatic rings. The molecule has 20 heavy (non-hydrogen) atoms. The summed E-state index contributed by atoms with van der Waals surface area (Å²) in [6.45, 7) is 5.34. The van der Waals surface area contributed by atoms with Crippen LogP contribution in [-0.2, 0) is 14.9 Å². The fourth-order valence-electron chi connectivity index (χ4n) is 2.46. The molecular formula is C16H22O4. The summed E-state index contributed by atoms with van der Waals surface area (Å²) in [5.41, 5.74) is 0.630. The van der Waals surface area contributed by atoms with Crippen molar-refractivity contribution in [3.8, 4) is 5.75 Å². The molecule has 0 aliphatic carbocycles. The van der Waals surface area contributed by atoms with Gasteiger partial charge in [0.05, 0.1) is 13.0 Å². The van der Waals surface area contributed by atoms with Gasteiger partial charge >= 0.3 is 5.97 Å². The minimum absolute atomic E-state index is 0.115. The van der Waals surface area contributed by atoms with E-state index >= 15 is 0 Å². The summed E-state index contributed by atoms with van der Waals surface area (Å²) in [4.78, 5) is 10.9. The lowest BCUT2D eigenvalue weighted by Crippen LogP contribution is -2.28. The number of carbonyl (C=O) groups is 1. The van der Waals surface area contributed by atoms with Gasteiger partial charge in [-0.2, -0.15) is 0 Å². The van der Waals surface area contributed by atoms with Gasteiger partial charge in [0.1, 0.15) is 11.9 Å². The summed E-state index contributed by atoms with van der Waals surface area (Å²) in [7, 11) is 0. The van der Waals surface area contributed by atoms with Crippen LogP contribution in [-0.4, -0.2) is 30.4 Å². The fraction of sp³-hybridized carbons (Fsp3) is 0.562. The van der Waals surface area contributed by atoms with Crippen LogP contribution in [0.4, 0.5) is 0 Å². The highest BCUT2D eigenvalue weighted by Gasteiger charge is 2.24. The SMILES string of the molecule is CC(C)(CC(=O)O)c1ccc(OC2CCCOC2)cc1. The predicted octanol–water partition coefficient (Wildman–Crippen LogP) is 3.00.